The van der Waals surface area contributed by atoms with Crippen LogP contribution in [0.5, 0.6) is 0 Å². The number of hydrogen-bond donors (Lipinski definition) is 1. The number of carboxylic acids is 1. The number of hydrogen-bond acceptors (Lipinski definition) is 2. The van der Waals surface area contributed by atoms with Gasteiger partial charge in [0.1, 0.15) is 0 Å². The Morgan fingerprint density at radius 2 is 1.83 bits per heavy atom. The van der Waals surface area contributed by atoms with Crippen LogP contribution in [0.4, 0.5) is 0 Å². The van der Waals surface area contributed by atoms with E-state index in [-0.39, 0.29) is 17.7 Å². The molecule has 4 heteroatoms. The molecule has 1 saturated carbocycles. The number of nitrogens with zero attached hydrogens (tertiary/aromatic N) is 1. The minimum absolute atomic E-state index is 0.0505. The Balaban J connectivity index is 1.98. The van der Waals surface area contributed by atoms with Gasteiger partial charge in [-0.3, -0.25) is 9.59 Å². The zero-order valence-electron chi connectivity index (χ0n) is 11.3. The van der Waals surface area contributed by atoms with Gasteiger partial charge >= 0.3 is 5.97 Å². The van der Waals surface area contributed by atoms with Gasteiger partial charge in [-0.05, 0) is 38.0 Å². The predicted molar refractivity (Wildman–Crippen MR) is 68.0 cm³/mol. The zero-order chi connectivity index (χ0) is 13.3. The average Bonchev–Trinajstić information content (AvgIpc) is 2.97. The third kappa shape index (κ3) is 2.52. The number of amides is 1. The van der Waals surface area contributed by atoms with E-state index in [2.05, 4.69) is 13.8 Å². The molecule has 4 nitrogen and oxygen atoms in total. The molecular formula is C14H23NO3. The molecule has 2 fully saturated rings. The third-order valence-corrected chi connectivity index (χ3v) is 4.48. The summed E-state index contributed by atoms with van der Waals surface area (Å²) < 4.78 is 0. The van der Waals surface area contributed by atoms with E-state index in [1.54, 1.807) is 0 Å². The average molecular weight is 253 g/mol. The summed E-state index contributed by atoms with van der Waals surface area (Å²) in [5.74, 6) is -0.403. The van der Waals surface area contributed by atoms with Gasteiger partial charge in [-0.25, -0.2) is 0 Å². The van der Waals surface area contributed by atoms with Crippen LogP contribution in [0.1, 0.15) is 46.0 Å². The van der Waals surface area contributed by atoms with Crippen LogP contribution in [0.15, 0.2) is 0 Å². The number of carbonyl (C=O) groups is 2. The second-order valence-electron chi connectivity index (χ2n) is 6.03. The van der Waals surface area contributed by atoms with E-state index in [4.69, 9.17) is 5.11 Å². The fraction of sp³-hybridized carbons (Fsp3) is 0.857. The van der Waals surface area contributed by atoms with E-state index < -0.39 is 5.97 Å². The molecule has 1 N–H and O–H groups in total. The minimum atomic E-state index is -0.743. The molecule has 0 radical (unpaired) electrons. The third-order valence-electron chi connectivity index (χ3n) is 4.48. The lowest BCUT2D eigenvalue weighted by Crippen LogP contribution is -2.41. The van der Waals surface area contributed by atoms with Crippen LogP contribution < -0.4 is 0 Å². The molecule has 1 amide bonds. The lowest BCUT2D eigenvalue weighted by Gasteiger charge is -2.30. The Kier molecular flexibility index (Phi) is 3.93. The van der Waals surface area contributed by atoms with E-state index in [0.29, 0.717) is 24.8 Å². The normalized spacial score (nSPS) is 32.2. The molecule has 2 rings (SSSR count). The van der Waals surface area contributed by atoms with Crippen LogP contribution in [0.2, 0.25) is 0 Å². The molecule has 0 spiro atoms. The first-order chi connectivity index (χ1) is 8.50. The second kappa shape index (κ2) is 5.29. The maximum Gasteiger partial charge on any atom is 0.306 e. The molecule has 1 saturated heterocycles. The Labute approximate surface area is 108 Å². The number of aliphatic carboxylic acids is 1. The Hall–Kier alpha value is -1.06. The Morgan fingerprint density at radius 3 is 2.39 bits per heavy atom. The lowest BCUT2D eigenvalue weighted by molar-refractivity contribution is -0.141. The highest BCUT2D eigenvalue weighted by Crippen LogP contribution is 2.35. The number of likely N-dealkylation sites (tertiary alicyclic amines) is 1. The summed E-state index contributed by atoms with van der Waals surface area (Å²) in [6.07, 6.45) is 4.13. The van der Waals surface area contributed by atoms with Crippen molar-refractivity contribution in [1.82, 2.24) is 4.90 Å². The fourth-order valence-electron chi connectivity index (χ4n) is 3.42. The van der Waals surface area contributed by atoms with Gasteiger partial charge in [0.15, 0.2) is 0 Å². The topological polar surface area (TPSA) is 57.6 Å². The van der Waals surface area contributed by atoms with E-state index in [9.17, 15) is 9.59 Å². The highest BCUT2D eigenvalue weighted by Gasteiger charge is 2.39. The summed E-state index contributed by atoms with van der Waals surface area (Å²) in [5, 5.41) is 8.99. The van der Waals surface area contributed by atoms with Crippen molar-refractivity contribution in [2.24, 2.45) is 17.8 Å². The summed E-state index contributed by atoms with van der Waals surface area (Å²) in [4.78, 5) is 25.4. The molecule has 0 aromatic carbocycles. The minimum Gasteiger partial charge on any atom is -0.481 e. The van der Waals surface area contributed by atoms with Gasteiger partial charge in [0.25, 0.3) is 0 Å². The van der Waals surface area contributed by atoms with Crippen LogP contribution >= 0.6 is 0 Å². The number of rotatable bonds is 3. The van der Waals surface area contributed by atoms with Crippen molar-refractivity contribution in [3.05, 3.63) is 0 Å². The van der Waals surface area contributed by atoms with Gasteiger partial charge in [0, 0.05) is 18.5 Å². The van der Waals surface area contributed by atoms with Gasteiger partial charge in [-0.1, -0.05) is 13.8 Å². The summed E-state index contributed by atoms with van der Waals surface area (Å²) in [5.41, 5.74) is 0. The van der Waals surface area contributed by atoms with Crippen molar-refractivity contribution in [2.45, 2.75) is 52.0 Å². The molecule has 0 aromatic rings. The fourth-order valence-corrected chi connectivity index (χ4v) is 3.42. The molecular weight excluding hydrogens is 230 g/mol. The van der Waals surface area contributed by atoms with Crippen LogP contribution in [0.3, 0.4) is 0 Å². The maximum atomic E-state index is 12.5. The molecule has 1 aliphatic heterocycles. The SMILES string of the molecule is CC(C)C1CCCN1C(=O)[C@@H]1CC[C@H](C(=O)O)C1. The predicted octanol–water partition coefficient (Wildman–Crippen LogP) is 2.13. The molecule has 1 aliphatic carbocycles. The monoisotopic (exact) mass is 253 g/mol. The van der Waals surface area contributed by atoms with Crippen molar-refractivity contribution < 1.29 is 14.7 Å². The summed E-state index contributed by atoms with van der Waals surface area (Å²) in [6.45, 7) is 5.17. The van der Waals surface area contributed by atoms with Crippen LogP contribution in [0.25, 0.3) is 0 Å². The number of carboxylic acid groups (broad SMARTS) is 1. The van der Waals surface area contributed by atoms with E-state index in [0.717, 1.165) is 25.8 Å². The first kappa shape index (κ1) is 13.4. The Bertz CT molecular complexity index is 340. The first-order valence-corrected chi connectivity index (χ1v) is 7.04. The van der Waals surface area contributed by atoms with Crippen LogP contribution in [-0.4, -0.2) is 34.5 Å². The van der Waals surface area contributed by atoms with Gasteiger partial charge in [0.2, 0.25) is 5.91 Å². The molecule has 2 aliphatic rings. The molecule has 3 atom stereocenters. The number of carbonyl (C=O) groups excluding carboxylic acids is 1. The van der Waals surface area contributed by atoms with Crippen molar-refractivity contribution in [1.29, 1.82) is 0 Å². The molecule has 0 bridgehead atoms. The highest BCUT2D eigenvalue weighted by atomic mass is 16.4. The molecule has 18 heavy (non-hydrogen) atoms. The van der Waals surface area contributed by atoms with E-state index in [1.807, 2.05) is 4.90 Å². The second-order valence-corrected chi connectivity index (χ2v) is 6.03. The Morgan fingerprint density at radius 1 is 1.17 bits per heavy atom. The zero-order valence-corrected chi connectivity index (χ0v) is 11.3. The quantitative estimate of drug-likeness (QED) is 0.838. The maximum absolute atomic E-state index is 12.5. The van der Waals surface area contributed by atoms with Crippen molar-refractivity contribution in [2.75, 3.05) is 6.54 Å². The molecule has 1 unspecified atom stereocenters. The summed E-state index contributed by atoms with van der Waals surface area (Å²) in [6, 6.07) is 0.362. The van der Waals surface area contributed by atoms with Crippen molar-refractivity contribution >= 4 is 11.9 Å². The lowest BCUT2D eigenvalue weighted by atomic mass is 9.99. The van der Waals surface area contributed by atoms with Gasteiger partial charge in [-0.15, -0.1) is 0 Å². The van der Waals surface area contributed by atoms with Gasteiger partial charge in [-0.2, -0.15) is 0 Å². The standard InChI is InChI=1S/C14H23NO3/c1-9(2)12-4-3-7-15(12)13(16)10-5-6-11(8-10)14(17)18/h9-12H,3-8H2,1-2H3,(H,17,18)/t10-,11+,12?/m1/s1. The first-order valence-electron chi connectivity index (χ1n) is 7.04. The summed E-state index contributed by atoms with van der Waals surface area (Å²) >= 11 is 0. The molecule has 1 heterocycles. The van der Waals surface area contributed by atoms with Crippen LogP contribution in [0, 0.1) is 17.8 Å². The van der Waals surface area contributed by atoms with Gasteiger partial charge in [0.05, 0.1) is 5.92 Å². The smallest absolute Gasteiger partial charge is 0.306 e. The van der Waals surface area contributed by atoms with Crippen LogP contribution in [-0.2, 0) is 9.59 Å². The van der Waals surface area contributed by atoms with Crippen molar-refractivity contribution in [3.63, 3.8) is 0 Å². The summed E-state index contributed by atoms with van der Waals surface area (Å²) in [7, 11) is 0. The molecule has 0 aromatic heterocycles. The molecule has 102 valence electrons. The van der Waals surface area contributed by atoms with E-state index in [1.165, 1.54) is 0 Å². The largest absolute Gasteiger partial charge is 0.481 e. The van der Waals surface area contributed by atoms with Gasteiger partial charge < -0.3 is 10.0 Å². The van der Waals surface area contributed by atoms with Crippen molar-refractivity contribution in [3.8, 4) is 0 Å². The highest BCUT2D eigenvalue weighted by molar-refractivity contribution is 5.81. The van der Waals surface area contributed by atoms with E-state index >= 15 is 0 Å².